The number of amides is 1. The topological polar surface area (TPSA) is 68.0 Å². The molecule has 6 heteroatoms. The molecule has 2 unspecified atom stereocenters. The van der Waals surface area contributed by atoms with Gasteiger partial charge in [0.1, 0.15) is 0 Å². The number of aromatic nitrogens is 2. The second kappa shape index (κ2) is 6.69. The largest absolute Gasteiger partial charge is 0.347 e. The summed E-state index contributed by atoms with van der Waals surface area (Å²) < 4.78 is 5.20. The molecule has 1 aromatic heterocycles. The molecule has 1 fully saturated rings. The quantitative estimate of drug-likeness (QED) is 0.757. The summed E-state index contributed by atoms with van der Waals surface area (Å²) in [6.45, 7) is 0.227. The normalized spacial score (nSPS) is 18.8. The zero-order valence-corrected chi connectivity index (χ0v) is 14.1. The van der Waals surface area contributed by atoms with E-state index in [1.165, 1.54) is 5.56 Å². The first-order valence-electron chi connectivity index (χ1n) is 8.12. The number of halogens is 1. The molecule has 0 aliphatic heterocycles. The van der Waals surface area contributed by atoms with Crippen LogP contribution in [0.4, 0.5) is 0 Å². The highest BCUT2D eigenvalue weighted by molar-refractivity contribution is 6.30. The van der Waals surface area contributed by atoms with Gasteiger partial charge < -0.3 is 9.84 Å². The van der Waals surface area contributed by atoms with Gasteiger partial charge >= 0.3 is 0 Å². The number of nitrogens with one attached hydrogen (secondary N) is 1. The fourth-order valence-electron chi connectivity index (χ4n) is 2.92. The van der Waals surface area contributed by atoms with Gasteiger partial charge in [-0.05, 0) is 30.0 Å². The van der Waals surface area contributed by atoms with Gasteiger partial charge in [0.15, 0.2) is 0 Å². The number of benzene rings is 2. The van der Waals surface area contributed by atoms with E-state index in [9.17, 15) is 4.79 Å². The number of hydrogen-bond acceptors (Lipinski definition) is 4. The van der Waals surface area contributed by atoms with Gasteiger partial charge in [-0.25, -0.2) is 0 Å². The Morgan fingerprint density at radius 2 is 2.04 bits per heavy atom. The van der Waals surface area contributed by atoms with E-state index in [0.29, 0.717) is 22.7 Å². The molecule has 0 saturated heterocycles. The molecule has 3 aromatic rings. The Kier molecular flexibility index (Phi) is 4.24. The van der Waals surface area contributed by atoms with Gasteiger partial charge in [0.25, 0.3) is 0 Å². The SMILES string of the molecule is O=C(NCc1nc(-c2cccc(Cl)c2)no1)C1CC1c1ccccc1. The number of rotatable bonds is 5. The first-order valence-corrected chi connectivity index (χ1v) is 8.49. The van der Waals surface area contributed by atoms with Crippen molar-refractivity contribution in [3.05, 3.63) is 71.1 Å². The molecule has 1 amide bonds. The number of carbonyl (C=O) groups is 1. The van der Waals surface area contributed by atoms with Crippen LogP contribution >= 0.6 is 11.6 Å². The van der Waals surface area contributed by atoms with Crippen LogP contribution in [0.15, 0.2) is 59.1 Å². The molecule has 2 aromatic carbocycles. The van der Waals surface area contributed by atoms with E-state index in [2.05, 4.69) is 27.6 Å². The molecule has 1 N–H and O–H groups in total. The summed E-state index contributed by atoms with van der Waals surface area (Å²) in [5.74, 6) is 1.19. The lowest BCUT2D eigenvalue weighted by Crippen LogP contribution is -2.25. The van der Waals surface area contributed by atoms with E-state index >= 15 is 0 Å². The van der Waals surface area contributed by atoms with E-state index in [0.717, 1.165) is 12.0 Å². The molecule has 1 heterocycles. The van der Waals surface area contributed by atoms with Crippen molar-refractivity contribution in [2.75, 3.05) is 0 Å². The van der Waals surface area contributed by atoms with Gasteiger partial charge in [-0.2, -0.15) is 4.98 Å². The maximum atomic E-state index is 12.3. The molecule has 1 saturated carbocycles. The molecule has 0 bridgehead atoms. The summed E-state index contributed by atoms with van der Waals surface area (Å²) in [7, 11) is 0. The Balaban J connectivity index is 1.34. The van der Waals surface area contributed by atoms with E-state index in [-0.39, 0.29) is 18.4 Å². The van der Waals surface area contributed by atoms with E-state index in [4.69, 9.17) is 16.1 Å². The van der Waals surface area contributed by atoms with E-state index in [1.807, 2.05) is 30.3 Å². The minimum Gasteiger partial charge on any atom is -0.347 e. The lowest BCUT2D eigenvalue weighted by molar-refractivity contribution is -0.122. The monoisotopic (exact) mass is 353 g/mol. The molecule has 4 rings (SSSR count). The van der Waals surface area contributed by atoms with Crippen LogP contribution in [0.2, 0.25) is 5.02 Å². The third-order valence-corrected chi connectivity index (χ3v) is 4.55. The van der Waals surface area contributed by atoms with Crippen LogP contribution in [0.25, 0.3) is 11.4 Å². The van der Waals surface area contributed by atoms with Crippen molar-refractivity contribution in [2.24, 2.45) is 5.92 Å². The molecular formula is C19H16ClN3O2. The first kappa shape index (κ1) is 15.8. The molecule has 126 valence electrons. The van der Waals surface area contributed by atoms with Crippen LogP contribution in [-0.4, -0.2) is 16.0 Å². The first-order chi connectivity index (χ1) is 12.2. The molecule has 5 nitrogen and oxygen atoms in total. The highest BCUT2D eigenvalue weighted by atomic mass is 35.5. The fourth-order valence-corrected chi connectivity index (χ4v) is 3.11. The summed E-state index contributed by atoms with van der Waals surface area (Å²) in [6.07, 6.45) is 0.882. The third kappa shape index (κ3) is 3.56. The molecule has 0 radical (unpaired) electrons. The van der Waals surface area contributed by atoms with E-state index < -0.39 is 0 Å². The smallest absolute Gasteiger partial charge is 0.246 e. The Morgan fingerprint density at radius 1 is 1.20 bits per heavy atom. The van der Waals surface area contributed by atoms with Crippen molar-refractivity contribution in [1.29, 1.82) is 0 Å². The van der Waals surface area contributed by atoms with Crippen LogP contribution in [0, 0.1) is 5.92 Å². The lowest BCUT2D eigenvalue weighted by Gasteiger charge is -2.02. The zero-order valence-electron chi connectivity index (χ0n) is 13.4. The average molecular weight is 354 g/mol. The van der Waals surface area contributed by atoms with E-state index in [1.54, 1.807) is 12.1 Å². The Bertz CT molecular complexity index is 894. The van der Waals surface area contributed by atoms with Gasteiger partial charge in [-0.15, -0.1) is 0 Å². The summed E-state index contributed by atoms with van der Waals surface area (Å²) in [5.41, 5.74) is 1.99. The van der Waals surface area contributed by atoms with Crippen molar-refractivity contribution in [2.45, 2.75) is 18.9 Å². The van der Waals surface area contributed by atoms with Crippen molar-refractivity contribution in [3.8, 4) is 11.4 Å². The summed E-state index contributed by atoms with van der Waals surface area (Å²) >= 11 is 5.97. The van der Waals surface area contributed by atoms with Crippen LogP contribution in [0.3, 0.4) is 0 Å². The van der Waals surface area contributed by atoms with Gasteiger partial charge in [-0.3, -0.25) is 4.79 Å². The molecule has 2 atom stereocenters. The Hall–Kier alpha value is -2.66. The highest BCUT2D eigenvalue weighted by Crippen LogP contribution is 2.47. The van der Waals surface area contributed by atoms with Crippen LogP contribution in [-0.2, 0) is 11.3 Å². The molecule has 1 aliphatic rings. The van der Waals surface area contributed by atoms with Gasteiger partial charge in [0.2, 0.25) is 17.6 Å². The maximum Gasteiger partial charge on any atom is 0.246 e. The summed E-state index contributed by atoms with van der Waals surface area (Å²) in [4.78, 5) is 16.6. The van der Waals surface area contributed by atoms with Crippen molar-refractivity contribution in [3.63, 3.8) is 0 Å². The van der Waals surface area contributed by atoms with Crippen LogP contribution in [0.5, 0.6) is 0 Å². The third-order valence-electron chi connectivity index (χ3n) is 4.32. The zero-order chi connectivity index (χ0) is 17.2. The second-order valence-corrected chi connectivity index (χ2v) is 6.54. The minimum atomic E-state index is 0.0244. The summed E-state index contributed by atoms with van der Waals surface area (Å²) in [5, 5.41) is 7.42. The van der Waals surface area contributed by atoms with Crippen LogP contribution < -0.4 is 5.32 Å². The number of hydrogen-bond donors (Lipinski definition) is 1. The predicted molar refractivity (Wildman–Crippen MR) is 93.9 cm³/mol. The summed E-state index contributed by atoms with van der Waals surface area (Å²) in [6, 6.07) is 17.3. The minimum absolute atomic E-state index is 0.0244. The number of carbonyl (C=O) groups excluding carboxylic acids is 1. The fraction of sp³-hybridized carbons (Fsp3) is 0.211. The number of nitrogens with zero attached hydrogens (tertiary/aromatic N) is 2. The van der Waals surface area contributed by atoms with Gasteiger partial charge in [0.05, 0.1) is 6.54 Å². The molecular weight excluding hydrogens is 338 g/mol. The Morgan fingerprint density at radius 3 is 2.84 bits per heavy atom. The average Bonchev–Trinajstić information content (AvgIpc) is 3.30. The van der Waals surface area contributed by atoms with Crippen molar-refractivity contribution >= 4 is 17.5 Å². The standard InChI is InChI=1S/C19H16ClN3O2/c20-14-8-4-7-13(9-14)18-22-17(25-23-18)11-21-19(24)16-10-15(16)12-5-2-1-3-6-12/h1-9,15-16H,10-11H2,(H,21,24). The second-order valence-electron chi connectivity index (χ2n) is 6.10. The highest BCUT2D eigenvalue weighted by Gasteiger charge is 2.43. The lowest BCUT2D eigenvalue weighted by atomic mass is 10.1. The molecule has 25 heavy (non-hydrogen) atoms. The maximum absolute atomic E-state index is 12.3. The molecule has 1 aliphatic carbocycles. The van der Waals surface area contributed by atoms with Crippen LogP contribution in [0.1, 0.15) is 23.8 Å². The van der Waals surface area contributed by atoms with Crippen molar-refractivity contribution < 1.29 is 9.32 Å². The van der Waals surface area contributed by atoms with Gasteiger partial charge in [-0.1, -0.05) is 59.2 Å². The Labute approximate surface area is 150 Å². The van der Waals surface area contributed by atoms with Gasteiger partial charge in [0, 0.05) is 16.5 Å². The predicted octanol–water partition coefficient (Wildman–Crippen LogP) is 3.81. The van der Waals surface area contributed by atoms with Crippen molar-refractivity contribution in [1.82, 2.24) is 15.5 Å². The molecule has 0 spiro atoms.